The van der Waals surface area contributed by atoms with Crippen molar-refractivity contribution in [2.45, 2.75) is 23.8 Å². The van der Waals surface area contributed by atoms with Crippen LogP contribution in [0.1, 0.15) is 12.8 Å². The van der Waals surface area contributed by atoms with Crippen molar-refractivity contribution in [3.8, 4) is 0 Å². The van der Waals surface area contributed by atoms with E-state index in [-0.39, 0.29) is 23.6 Å². The predicted molar refractivity (Wildman–Crippen MR) is 95.0 cm³/mol. The second kappa shape index (κ2) is 8.26. The van der Waals surface area contributed by atoms with Crippen molar-refractivity contribution in [3.63, 3.8) is 0 Å². The largest absolute Gasteiger partial charge is 0.338 e. The first-order valence-corrected chi connectivity index (χ1v) is 10.7. The second-order valence-electron chi connectivity index (χ2n) is 5.56. The molecule has 2 amide bonds. The van der Waals surface area contributed by atoms with Gasteiger partial charge in [0.05, 0.1) is 11.5 Å². The maximum atomic E-state index is 12.0. The van der Waals surface area contributed by atoms with Gasteiger partial charge in [0, 0.05) is 29.6 Å². The third-order valence-electron chi connectivity index (χ3n) is 3.76. The zero-order valence-corrected chi connectivity index (χ0v) is 15.4. The summed E-state index contributed by atoms with van der Waals surface area (Å²) in [5.41, 5.74) is 0. The standard InChI is InChI=1S/C15H21ClN2O3S2/c1-18(13-7-10-23(20,21)11-13)15(19)17-8-2-9-22-14-5-3-12(16)4-6-14/h3-6,13H,2,7-11H2,1H3,(H,17,19)/t13-/m1/s1. The van der Waals surface area contributed by atoms with Gasteiger partial charge in [-0.05, 0) is 42.9 Å². The summed E-state index contributed by atoms with van der Waals surface area (Å²) in [6.07, 6.45) is 1.37. The van der Waals surface area contributed by atoms with Gasteiger partial charge in [-0.1, -0.05) is 11.6 Å². The summed E-state index contributed by atoms with van der Waals surface area (Å²) in [5.74, 6) is 1.14. The molecule has 0 saturated carbocycles. The van der Waals surface area contributed by atoms with Gasteiger partial charge in [-0.2, -0.15) is 0 Å². The number of nitrogens with zero attached hydrogens (tertiary/aromatic N) is 1. The Balaban J connectivity index is 1.64. The monoisotopic (exact) mass is 376 g/mol. The number of halogens is 1. The lowest BCUT2D eigenvalue weighted by molar-refractivity contribution is 0.195. The lowest BCUT2D eigenvalue weighted by Gasteiger charge is -2.23. The van der Waals surface area contributed by atoms with Crippen LogP contribution in [-0.4, -0.2) is 56.2 Å². The van der Waals surface area contributed by atoms with E-state index in [0.29, 0.717) is 13.0 Å². The van der Waals surface area contributed by atoms with Crippen molar-refractivity contribution < 1.29 is 13.2 Å². The summed E-state index contributed by atoms with van der Waals surface area (Å²) in [4.78, 5) is 14.7. The van der Waals surface area contributed by atoms with Gasteiger partial charge in [-0.25, -0.2) is 13.2 Å². The van der Waals surface area contributed by atoms with Crippen LogP contribution >= 0.6 is 23.4 Å². The fourth-order valence-electron chi connectivity index (χ4n) is 2.36. The Hall–Kier alpha value is -0.920. The minimum absolute atomic E-state index is 0.0728. The number of sulfone groups is 1. The fourth-order valence-corrected chi connectivity index (χ4v) is 5.11. The number of hydrogen-bond donors (Lipinski definition) is 1. The van der Waals surface area contributed by atoms with Crippen LogP contribution in [0.4, 0.5) is 4.79 Å². The average Bonchev–Trinajstić information content (AvgIpc) is 2.88. The van der Waals surface area contributed by atoms with Gasteiger partial charge in [0.2, 0.25) is 0 Å². The van der Waals surface area contributed by atoms with Gasteiger partial charge >= 0.3 is 6.03 Å². The zero-order valence-electron chi connectivity index (χ0n) is 13.0. The molecule has 2 rings (SSSR count). The van der Waals surface area contributed by atoms with Crippen LogP contribution in [-0.2, 0) is 9.84 Å². The molecule has 8 heteroatoms. The number of nitrogens with one attached hydrogen (secondary N) is 1. The molecule has 1 aromatic carbocycles. The first-order chi connectivity index (χ1) is 10.9. The van der Waals surface area contributed by atoms with Crippen molar-refractivity contribution in [1.82, 2.24) is 10.2 Å². The molecule has 0 aliphatic carbocycles. The van der Waals surface area contributed by atoms with E-state index in [2.05, 4.69) is 5.32 Å². The van der Waals surface area contributed by atoms with E-state index < -0.39 is 9.84 Å². The molecule has 23 heavy (non-hydrogen) atoms. The quantitative estimate of drug-likeness (QED) is 0.612. The van der Waals surface area contributed by atoms with Gasteiger partial charge in [0.25, 0.3) is 0 Å². The number of benzene rings is 1. The topological polar surface area (TPSA) is 66.5 Å². The Bertz CT molecular complexity index is 635. The lowest BCUT2D eigenvalue weighted by Crippen LogP contribution is -2.44. The molecule has 1 aromatic rings. The highest BCUT2D eigenvalue weighted by atomic mass is 35.5. The number of rotatable bonds is 6. The number of amides is 2. The molecule has 0 radical (unpaired) electrons. The van der Waals surface area contributed by atoms with Gasteiger partial charge in [-0.15, -0.1) is 11.8 Å². The summed E-state index contributed by atoms with van der Waals surface area (Å²) in [6, 6.07) is 7.25. The molecule has 0 bridgehead atoms. The number of thioether (sulfide) groups is 1. The summed E-state index contributed by atoms with van der Waals surface area (Å²) >= 11 is 7.54. The van der Waals surface area contributed by atoms with Gasteiger partial charge in [0.1, 0.15) is 0 Å². The second-order valence-corrected chi connectivity index (χ2v) is 9.39. The van der Waals surface area contributed by atoms with E-state index in [0.717, 1.165) is 22.1 Å². The SMILES string of the molecule is CN(C(=O)NCCCSc1ccc(Cl)cc1)[C@@H]1CCS(=O)(=O)C1. The smallest absolute Gasteiger partial charge is 0.317 e. The Labute approximate surface area is 146 Å². The van der Waals surface area contributed by atoms with Crippen molar-refractivity contribution in [1.29, 1.82) is 0 Å². The molecule has 1 N–H and O–H groups in total. The van der Waals surface area contributed by atoms with E-state index >= 15 is 0 Å². The highest BCUT2D eigenvalue weighted by Gasteiger charge is 2.32. The van der Waals surface area contributed by atoms with Crippen molar-refractivity contribution in [2.24, 2.45) is 0 Å². The van der Waals surface area contributed by atoms with E-state index in [1.807, 2.05) is 24.3 Å². The van der Waals surface area contributed by atoms with Crippen molar-refractivity contribution in [2.75, 3.05) is 30.9 Å². The summed E-state index contributed by atoms with van der Waals surface area (Å²) in [7, 11) is -1.32. The average molecular weight is 377 g/mol. The molecule has 1 atom stereocenters. The van der Waals surface area contributed by atoms with Gasteiger partial charge < -0.3 is 10.2 Å². The molecule has 128 valence electrons. The summed E-state index contributed by atoms with van der Waals surface area (Å²) < 4.78 is 22.9. The van der Waals surface area contributed by atoms with Crippen LogP contribution in [0.5, 0.6) is 0 Å². The minimum Gasteiger partial charge on any atom is -0.338 e. The Morgan fingerprint density at radius 3 is 2.70 bits per heavy atom. The molecule has 0 aromatic heterocycles. The first-order valence-electron chi connectivity index (χ1n) is 7.47. The zero-order chi connectivity index (χ0) is 16.9. The van der Waals surface area contributed by atoms with Gasteiger partial charge in [0.15, 0.2) is 9.84 Å². The maximum absolute atomic E-state index is 12.0. The van der Waals surface area contributed by atoms with Crippen LogP contribution in [0.3, 0.4) is 0 Å². The first kappa shape index (κ1) is 18.4. The normalized spacial score (nSPS) is 19.5. The van der Waals surface area contributed by atoms with Crippen LogP contribution in [0.2, 0.25) is 5.02 Å². The minimum atomic E-state index is -2.97. The van der Waals surface area contributed by atoms with Crippen LogP contribution in [0.25, 0.3) is 0 Å². The number of carbonyl (C=O) groups excluding carboxylic acids is 1. The highest BCUT2D eigenvalue weighted by molar-refractivity contribution is 7.99. The van der Waals surface area contributed by atoms with Crippen LogP contribution in [0, 0.1) is 0 Å². The molecular formula is C15H21ClN2O3S2. The molecule has 5 nitrogen and oxygen atoms in total. The number of hydrogen-bond acceptors (Lipinski definition) is 4. The molecular weight excluding hydrogens is 356 g/mol. The van der Waals surface area contributed by atoms with E-state index in [4.69, 9.17) is 11.6 Å². The molecule has 1 fully saturated rings. The molecule has 1 heterocycles. The highest BCUT2D eigenvalue weighted by Crippen LogP contribution is 2.20. The summed E-state index contributed by atoms with van der Waals surface area (Å²) in [6.45, 7) is 0.573. The van der Waals surface area contributed by atoms with Crippen LogP contribution < -0.4 is 5.32 Å². The van der Waals surface area contributed by atoms with Crippen LogP contribution in [0.15, 0.2) is 29.2 Å². The molecule has 1 saturated heterocycles. The van der Waals surface area contributed by atoms with Crippen molar-refractivity contribution in [3.05, 3.63) is 29.3 Å². The van der Waals surface area contributed by atoms with Crippen molar-refractivity contribution >= 4 is 39.2 Å². The summed E-state index contributed by atoms with van der Waals surface area (Å²) in [5, 5.41) is 3.56. The van der Waals surface area contributed by atoms with E-state index in [9.17, 15) is 13.2 Å². The maximum Gasteiger partial charge on any atom is 0.317 e. The predicted octanol–water partition coefficient (Wildman–Crippen LogP) is 2.65. The Kier molecular flexibility index (Phi) is 6.61. The van der Waals surface area contributed by atoms with E-state index in [1.165, 1.54) is 4.90 Å². The third kappa shape index (κ3) is 5.90. The molecule has 1 aliphatic rings. The Morgan fingerprint density at radius 1 is 1.39 bits per heavy atom. The van der Waals surface area contributed by atoms with E-state index in [1.54, 1.807) is 18.8 Å². The molecule has 0 unspecified atom stereocenters. The Morgan fingerprint density at radius 2 is 2.09 bits per heavy atom. The molecule has 0 spiro atoms. The number of carbonyl (C=O) groups is 1. The third-order valence-corrected chi connectivity index (χ3v) is 6.86. The fraction of sp³-hybridized carbons (Fsp3) is 0.533. The lowest BCUT2D eigenvalue weighted by atomic mass is 10.2. The molecule has 1 aliphatic heterocycles. The number of urea groups is 1. The van der Waals surface area contributed by atoms with Gasteiger partial charge in [-0.3, -0.25) is 0 Å².